The second-order valence-electron chi connectivity index (χ2n) is 4.02. The largest absolute Gasteiger partial charge is 0.477 e. The van der Waals surface area contributed by atoms with Crippen LogP contribution in [0.4, 0.5) is 0 Å². The summed E-state index contributed by atoms with van der Waals surface area (Å²) in [6.45, 7) is 3.64. The van der Waals surface area contributed by atoms with Gasteiger partial charge in [-0.05, 0) is 26.0 Å². The van der Waals surface area contributed by atoms with E-state index in [0.717, 1.165) is 17.1 Å². The molecule has 0 amide bonds. The number of pyridine rings is 2. The van der Waals surface area contributed by atoms with Gasteiger partial charge in [0.2, 0.25) is 0 Å². The first-order valence-electron chi connectivity index (χ1n) is 5.39. The molecule has 0 spiro atoms. The van der Waals surface area contributed by atoms with Crippen LogP contribution >= 0.6 is 0 Å². The van der Waals surface area contributed by atoms with Crippen LogP contribution in [-0.4, -0.2) is 20.6 Å². The third-order valence-electron chi connectivity index (χ3n) is 2.63. The van der Waals surface area contributed by atoms with Gasteiger partial charge < -0.3 is 9.67 Å². The van der Waals surface area contributed by atoms with Crippen LogP contribution in [0, 0.1) is 13.8 Å². The molecule has 0 aliphatic rings. The van der Waals surface area contributed by atoms with Crippen molar-refractivity contribution in [2.24, 2.45) is 0 Å². The SMILES string of the molecule is Cc1cc(=O)cc(C)n1-c1ccc(C(=O)O)nc1. The van der Waals surface area contributed by atoms with Crippen molar-refractivity contribution in [1.29, 1.82) is 0 Å². The van der Waals surface area contributed by atoms with Crippen LogP contribution < -0.4 is 5.43 Å². The van der Waals surface area contributed by atoms with Crippen LogP contribution in [0.25, 0.3) is 5.69 Å². The first-order chi connectivity index (χ1) is 8.49. The Hall–Kier alpha value is -2.43. The normalized spacial score (nSPS) is 10.3. The Labute approximate surface area is 103 Å². The average Bonchev–Trinajstić information content (AvgIpc) is 2.28. The molecule has 0 bridgehead atoms. The third kappa shape index (κ3) is 2.15. The Kier molecular flexibility index (Phi) is 2.97. The number of aryl methyl sites for hydroxylation is 2. The second kappa shape index (κ2) is 4.44. The van der Waals surface area contributed by atoms with Gasteiger partial charge in [-0.1, -0.05) is 0 Å². The number of aromatic nitrogens is 2. The molecule has 0 aromatic carbocycles. The molecule has 5 heteroatoms. The molecule has 18 heavy (non-hydrogen) atoms. The minimum atomic E-state index is -1.06. The van der Waals surface area contributed by atoms with E-state index in [1.54, 1.807) is 6.07 Å². The minimum Gasteiger partial charge on any atom is -0.477 e. The minimum absolute atomic E-state index is 0.00454. The van der Waals surface area contributed by atoms with Gasteiger partial charge in [-0.15, -0.1) is 0 Å². The average molecular weight is 244 g/mol. The Bertz CT molecular complexity index is 631. The summed E-state index contributed by atoms with van der Waals surface area (Å²) in [5.74, 6) is -1.06. The first kappa shape index (κ1) is 12.0. The lowest BCUT2D eigenvalue weighted by atomic mass is 10.2. The van der Waals surface area contributed by atoms with Crippen molar-refractivity contribution < 1.29 is 9.90 Å². The van der Waals surface area contributed by atoms with E-state index in [9.17, 15) is 9.59 Å². The van der Waals surface area contributed by atoms with Crippen molar-refractivity contribution in [3.05, 3.63) is 57.8 Å². The Morgan fingerprint density at radius 1 is 1.22 bits per heavy atom. The molecule has 0 atom stereocenters. The van der Waals surface area contributed by atoms with Crippen LogP contribution in [0.3, 0.4) is 0 Å². The Morgan fingerprint density at radius 2 is 1.83 bits per heavy atom. The molecule has 0 unspecified atom stereocenters. The molecule has 2 rings (SSSR count). The highest BCUT2D eigenvalue weighted by molar-refractivity contribution is 5.85. The van der Waals surface area contributed by atoms with E-state index in [1.807, 2.05) is 18.4 Å². The van der Waals surface area contributed by atoms with Crippen LogP contribution in [0.5, 0.6) is 0 Å². The van der Waals surface area contributed by atoms with Gasteiger partial charge in [0, 0.05) is 23.5 Å². The van der Waals surface area contributed by atoms with Crippen LogP contribution in [0.2, 0.25) is 0 Å². The summed E-state index contributed by atoms with van der Waals surface area (Å²) < 4.78 is 1.85. The fourth-order valence-electron chi connectivity index (χ4n) is 1.91. The molecular formula is C13H12N2O3. The summed E-state index contributed by atoms with van der Waals surface area (Å²) >= 11 is 0. The molecule has 92 valence electrons. The van der Waals surface area contributed by atoms with E-state index < -0.39 is 5.97 Å². The van der Waals surface area contributed by atoms with Crippen LogP contribution in [0.15, 0.2) is 35.3 Å². The summed E-state index contributed by atoms with van der Waals surface area (Å²) in [7, 11) is 0. The van der Waals surface area contributed by atoms with E-state index in [-0.39, 0.29) is 11.1 Å². The number of hydrogen-bond donors (Lipinski definition) is 1. The maximum absolute atomic E-state index is 11.3. The molecule has 2 aromatic heterocycles. The quantitative estimate of drug-likeness (QED) is 0.869. The highest BCUT2D eigenvalue weighted by Crippen LogP contribution is 2.12. The maximum Gasteiger partial charge on any atom is 0.354 e. The van der Waals surface area contributed by atoms with Crippen LogP contribution in [0.1, 0.15) is 21.9 Å². The lowest BCUT2D eigenvalue weighted by Crippen LogP contribution is -2.12. The summed E-state index contributed by atoms with van der Waals surface area (Å²) in [5, 5.41) is 8.78. The van der Waals surface area contributed by atoms with E-state index in [2.05, 4.69) is 4.98 Å². The van der Waals surface area contributed by atoms with Gasteiger partial charge in [0.05, 0.1) is 11.9 Å². The number of carboxylic acids is 1. The summed E-state index contributed by atoms with van der Waals surface area (Å²) in [6.07, 6.45) is 1.48. The van der Waals surface area contributed by atoms with Gasteiger partial charge in [-0.25, -0.2) is 9.78 Å². The summed E-state index contributed by atoms with van der Waals surface area (Å²) in [5.41, 5.74) is 2.25. The predicted molar refractivity (Wildman–Crippen MR) is 66.3 cm³/mol. The zero-order chi connectivity index (χ0) is 13.3. The number of rotatable bonds is 2. The van der Waals surface area contributed by atoms with Crippen molar-refractivity contribution in [3.8, 4) is 5.69 Å². The highest BCUT2D eigenvalue weighted by atomic mass is 16.4. The van der Waals surface area contributed by atoms with Gasteiger partial charge in [0.25, 0.3) is 0 Å². The van der Waals surface area contributed by atoms with E-state index in [4.69, 9.17) is 5.11 Å². The molecule has 0 aliphatic carbocycles. The monoisotopic (exact) mass is 244 g/mol. The molecule has 0 radical (unpaired) electrons. The van der Waals surface area contributed by atoms with Gasteiger partial charge in [0.15, 0.2) is 5.43 Å². The van der Waals surface area contributed by atoms with Gasteiger partial charge in [-0.2, -0.15) is 0 Å². The Balaban J connectivity index is 2.56. The highest BCUT2D eigenvalue weighted by Gasteiger charge is 2.07. The summed E-state index contributed by atoms with van der Waals surface area (Å²) in [4.78, 5) is 25.9. The number of carbonyl (C=O) groups is 1. The predicted octanol–water partition coefficient (Wildman–Crippen LogP) is 1.55. The lowest BCUT2D eigenvalue weighted by molar-refractivity contribution is 0.0690. The van der Waals surface area contributed by atoms with Crippen molar-refractivity contribution in [2.45, 2.75) is 13.8 Å². The van der Waals surface area contributed by atoms with Gasteiger partial charge in [0.1, 0.15) is 5.69 Å². The van der Waals surface area contributed by atoms with Crippen molar-refractivity contribution >= 4 is 5.97 Å². The molecule has 5 nitrogen and oxygen atoms in total. The topological polar surface area (TPSA) is 72.2 Å². The van der Waals surface area contributed by atoms with Crippen molar-refractivity contribution in [1.82, 2.24) is 9.55 Å². The molecular weight excluding hydrogens is 232 g/mol. The number of hydrogen-bond acceptors (Lipinski definition) is 3. The van der Waals surface area contributed by atoms with Gasteiger partial charge >= 0.3 is 5.97 Å². The van der Waals surface area contributed by atoms with E-state index in [0.29, 0.717) is 0 Å². The molecule has 0 aliphatic heterocycles. The third-order valence-corrected chi connectivity index (χ3v) is 2.63. The second-order valence-corrected chi connectivity index (χ2v) is 4.02. The smallest absolute Gasteiger partial charge is 0.354 e. The number of aromatic carboxylic acids is 1. The maximum atomic E-state index is 11.3. The first-order valence-corrected chi connectivity index (χ1v) is 5.39. The van der Waals surface area contributed by atoms with Gasteiger partial charge in [-0.3, -0.25) is 4.79 Å². The standard InChI is InChI=1S/C13H12N2O3/c1-8-5-11(16)6-9(2)15(8)10-3-4-12(13(17)18)14-7-10/h3-7H,1-2H3,(H,17,18). The fraction of sp³-hybridized carbons (Fsp3) is 0.154. The molecule has 1 N–H and O–H groups in total. The van der Waals surface area contributed by atoms with Crippen LogP contribution in [-0.2, 0) is 0 Å². The van der Waals surface area contributed by atoms with Crippen molar-refractivity contribution in [2.75, 3.05) is 0 Å². The molecule has 2 heterocycles. The zero-order valence-corrected chi connectivity index (χ0v) is 10.0. The van der Waals surface area contributed by atoms with E-state index >= 15 is 0 Å². The molecule has 0 saturated heterocycles. The fourth-order valence-corrected chi connectivity index (χ4v) is 1.91. The van der Waals surface area contributed by atoms with E-state index in [1.165, 1.54) is 24.4 Å². The summed E-state index contributed by atoms with van der Waals surface area (Å²) in [6, 6.07) is 6.16. The lowest BCUT2D eigenvalue weighted by Gasteiger charge is -2.13. The van der Waals surface area contributed by atoms with Crippen molar-refractivity contribution in [3.63, 3.8) is 0 Å². The molecule has 0 saturated carbocycles. The Morgan fingerprint density at radius 3 is 2.28 bits per heavy atom. The number of carboxylic acid groups (broad SMARTS) is 1. The number of nitrogens with zero attached hydrogens (tertiary/aromatic N) is 2. The zero-order valence-electron chi connectivity index (χ0n) is 10.0. The molecule has 2 aromatic rings. The molecule has 0 fully saturated rings.